The fraction of sp³-hybridized carbons (Fsp3) is 0.667. The lowest BCUT2D eigenvalue weighted by Crippen LogP contribution is -2.43. The lowest BCUT2D eigenvalue weighted by molar-refractivity contribution is -0.155. The molecule has 0 saturated carbocycles. The van der Waals surface area contributed by atoms with Gasteiger partial charge in [0.25, 0.3) is 0 Å². The van der Waals surface area contributed by atoms with Gasteiger partial charge in [-0.2, -0.15) is 0 Å². The lowest BCUT2D eigenvalue weighted by atomic mass is 9.85. The molecule has 1 N–H and O–H groups in total. The second kappa shape index (κ2) is 10.3. The zero-order valence-corrected chi connectivity index (χ0v) is 18.1. The van der Waals surface area contributed by atoms with Crippen LogP contribution in [0, 0.1) is 18.8 Å². The van der Waals surface area contributed by atoms with E-state index in [2.05, 4.69) is 25.5 Å². The number of esters is 1. The third-order valence-corrected chi connectivity index (χ3v) is 5.79. The first-order valence-corrected chi connectivity index (χ1v) is 10.6. The number of nitrogens with one attached hydrogen (secondary N) is 1. The highest BCUT2D eigenvalue weighted by Crippen LogP contribution is 2.25. The molecular formula is C21H35NO3S. The van der Waals surface area contributed by atoms with Gasteiger partial charge in [0.2, 0.25) is 0 Å². The van der Waals surface area contributed by atoms with Gasteiger partial charge in [-0.25, -0.2) is 0 Å². The maximum absolute atomic E-state index is 12.8. The van der Waals surface area contributed by atoms with Crippen molar-refractivity contribution in [2.24, 2.45) is 11.8 Å². The summed E-state index contributed by atoms with van der Waals surface area (Å²) in [5, 5.41) is 0. The Bertz CT molecular complexity index is 553. The molecule has 148 valence electrons. The van der Waals surface area contributed by atoms with E-state index in [4.69, 9.17) is 4.74 Å². The standard InChI is InChI=1S/C21H35NO3S/c1-8-9-16(3)17(4)19(14-20(23)25-21(5,6)7)22-26(24)18-12-10-15(2)11-13-18/h10-13,16-17,19,22H,8-9,14H2,1-7H3/t16-,17-,19?,26?/m1/s1. The van der Waals surface area contributed by atoms with Crippen LogP contribution in [0.1, 0.15) is 66.4 Å². The summed E-state index contributed by atoms with van der Waals surface area (Å²) >= 11 is -1.36. The molecule has 0 heterocycles. The fourth-order valence-electron chi connectivity index (χ4n) is 2.88. The fourth-order valence-corrected chi connectivity index (χ4v) is 3.97. The molecule has 0 aliphatic heterocycles. The molecule has 1 aromatic rings. The number of hydrogen-bond donors (Lipinski definition) is 1. The quantitative estimate of drug-likeness (QED) is 0.494. The highest BCUT2D eigenvalue weighted by Gasteiger charge is 2.31. The van der Waals surface area contributed by atoms with Crippen molar-refractivity contribution in [3.05, 3.63) is 29.8 Å². The largest absolute Gasteiger partial charge is 0.593 e. The summed E-state index contributed by atoms with van der Waals surface area (Å²) in [6.07, 6.45) is 2.38. The third-order valence-electron chi connectivity index (χ3n) is 4.58. The van der Waals surface area contributed by atoms with E-state index >= 15 is 0 Å². The van der Waals surface area contributed by atoms with Crippen LogP contribution in [0.3, 0.4) is 0 Å². The summed E-state index contributed by atoms with van der Waals surface area (Å²) in [4.78, 5) is 13.1. The van der Waals surface area contributed by atoms with Gasteiger partial charge in [0.1, 0.15) is 5.60 Å². The van der Waals surface area contributed by atoms with Gasteiger partial charge in [0, 0.05) is 0 Å². The third kappa shape index (κ3) is 8.11. The molecule has 0 radical (unpaired) electrons. The number of hydrogen-bond acceptors (Lipinski definition) is 4. The van der Waals surface area contributed by atoms with Crippen LogP contribution in [0.2, 0.25) is 0 Å². The van der Waals surface area contributed by atoms with Crippen molar-refractivity contribution in [1.29, 1.82) is 0 Å². The van der Waals surface area contributed by atoms with Gasteiger partial charge in [-0.05, 0) is 51.7 Å². The minimum atomic E-state index is -1.36. The number of aryl methyl sites for hydroxylation is 1. The Morgan fingerprint density at radius 3 is 2.31 bits per heavy atom. The van der Waals surface area contributed by atoms with Crippen LogP contribution < -0.4 is 4.72 Å². The molecule has 0 bridgehead atoms. The van der Waals surface area contributed by atoms with Crippen molar-refractivity contribution < 1.29 is 14.1 Å². The van der Waals surface area contributed by atoms with E-state index in [9.17, 15) is 9.35 Å². The monoisotopic (exact) mass is 381 g/mol. The highest BCUT2D eigenvalue weighted by molar-refractivity contribution is 7.89. The Morgan fingerprint density at radius 2 is 1.81 bits per heavy atom. The highest BCUT2D eigenvalue weighted by atomic mass is 32.2. The first-order valence-electron chi connectivity index (χ1n) is 9.50. The number of carbonyl (C=O) groups is 1. The lowest BCUT2D eigenvalue weighted by Gasteiger charge is -2.30. The maximum atomic E-state index is 12.8. The molecule has 0 saturated heterocycles. The Kier molecular flexibility index (Phi) is 9.14. The van der Waals surface area contributed by atoms with E-state index in [-0.39, 0.29) is 24.3 Å². The molecule has 2 unspecified atom stereocenters. The normalized spacial score (nSPS) is 16.6. The first kappa shape index (κ1) is 23.0. The van der Waals surface area contributed by atoms with Gasteiger partial charge in [0.15, 0.2) is 4.90 Å². The molecule has 0 amide bonds. The van der Waals surface area contributed by atoms with Gasteiger partial charge in [-0.15, -0.1) is 4.72 Å². The van der Waals surface area contributed by atoms with Gasteiger partial charge in [-0.3, -0.25) is 4.79 Å². The number of benzene rings is 1. The first-order chi connectivity index (χ1) is 12.0. The molecule has 1 aromatic carbocycles. The van der Waals surface area contributed by atoms with E-state index in [0.29, 0.717) is 5.92 Å². The molecule has 0 aliphatic rings. The summed E-state index contributed by atoms with van der Waals surface area (Å²) in [7, 11) is 0. The van der Waals surface area contributed by atoms with Crippen LogP contribution in [0.25, 0.3) is 0 Å². The van der Waals surface area contributed by atoms with Crippen molar-refractivity contribution >= 4 is 17.3 Å². The Morgan fingerprint density at radius 1 is 1.23 bits per heavy atom. The summed E-state index contributed by atoms with van der Waals surface area (Å²) < 4.78 is 21.4. The van der Waals surface area contributed by atoms with E-state index in [1.165, 1.54) is 0 Å². The summed E-state index contributed by atoms with van der Waals surface area (Å²) in [6, 6.07) is 7.42. The average Bonchev–Trinajstić information content (AvgIpc) is 2.52. The molecule has 0 aliphatic carbocycles. The second-order valence-corrected chi connectivity index (χ2v) is 9.47. The maximum Gasteiger partial charge on any atom is 0.308 e. The Balaban J connectivity index is 2.88. The van der Waals surface area contributed by atoms with Crippen LogP contribution in [-0.2, 0) is 20.9 Å². The van der Waals surface area contributed by atoms with Crippen molar-refractivity contribution in [3.63, 3.8) is 0 Å². The zero-order chi connectivity index (χ0) is 19.9. The molecular weight excluding hydrogens is 346 g/mol. The number of ether oxygens (including phenoxy) is 1. The number of carbonyl (C=O) groups excluding carboxylic acids is 1. The molecule has 5 heteroatoms. The van der Waals surface area contributed by atoms with Crippen molar-refractivity contribution in [2.75, 3.05) is 0 Å². The van der Waals surface area contributed by atoms with Crippen LogP contribution in [0.4, 0.5) is 0 Å². The van der Waals surface area contributed by atoms with Crippen LogP contribution in [-0.4, -0.2) is 22.2 Å². The zero-order valence-electron chi connectivity index (χ0n) is 17.3. The second-order valence-electron chi connectivity index (χ2n) is 8.22. The van der Waals surface area contributed by atoms with Crippen molar-refractivity contribution in [3.8, 4) is 0 Å². The van der Waals surface area contributed by atoms with Crippen molar-refractivity contribution in [1.82, 2.24) is 4.72 Å². The van der Waals surface area contributed by atoms with Crippen molar-refractivity contribution in [2.45, 2.75) is 84.3 Å². The van der Waals surface area contributed by atoms with Gasteiger partial charge in [0.05, 0.1) is 23.8 Å². The predicted octanol–water partition coefficient (Wildman–Crippen LogP) is 4.78. The summed E-state index contributed by atoms with van der Waals surface area (Å²) in [6.45, 7) is 14.0. The average molecular weight is 382 g/mol. The number of rotatable bonds is 9. The summed E-state index contributed by atoms with van der Waals surface area (Å²) in [5.74, 6) is 0.373. The minimum absolute atomic E-state index is 0.200. The van der Waals surface area contributed by atoms with E-state index < -0.39 is 17.0 Å². The van der Waals surface area contributed by atoms with E-state index in [1.807, 2.05) is 52.0 Å². The molecule has 0 spiro atoms. The topological polar surface area (TPSA) is 61.4 Å². The van der Waals surface area contributed by atoms with Gasteiger partial charge < -0.3 is 9.29 Å². The Labute approximate surface area is 162 Å². The smallest absolute Gasteiger partial charge is 0.308 e. The minimum Gasteiger partial charge on any atom is -0.593 e. The van der Waals surface area contributed by atoms with E-state index in [1.54, 1.807) is 0 Å². The van der Waals surface area contributed by atoms with Crippen LogP contribution >= 0.6 is 0 Å². The molecule has 26 heavy (non-hydrogen) atoms. The SMILES string of the molecule is CCC[C@@H](C)[C@@H](C)C(CC(=O)OC(C)(C)C)N[S+]([O-])c1ccc(C)cc1. The van der Waals surface area contributed by atoms with E-state index in [0.717, 1.165) is 23.3 Å². The molecule has 1 rings (SSSR count). The Hall–Kier alpha value is -1.04. The molecule has 0 fully saturated rings. The summed E-state index contributed by atoms with van der Waals surface area (Å²) in [5.41, 5.74) is 0.608. The molecule has 0 aromatic heterocycles. The van der Waals surface area contributed by atoms with Gasteiger partial charge in [-0.1, -0.05) is 51.3 Å². The predicted molar refractivity (Wildman–Crippen MR) is 108 cm³/mol. The molecule has 4 nitrogen and oxygen atoms in total. The van der Waals surface area contributed by atoms with Crippen LogP contribution in [0.5, 0.6) is 0 Å². The van der Waals surface area contributed by atoms with Gasteiger partial charge >= 0.3 is 5.97 Å². The molecule has 4 atom stereocenters. The van der Waals surface area contributed by atoms with Crippen LogP contribution in [0.15, 0.2) is 29.2 Å².